The van der Waals surface area contributed by atoms with E-state index in [1.165, 1.54) is 0 Å². The molecule has 0 saturated heterocycles. The maximum Gasteiger partial charge on any atom is 0.353 e. The lowest BCUT2D eigenvalue weighted by Gasteiger charge is -2.22. The van der Waals surface area contributed by atoms with Gasteiger partial charge in [0.15, 0.2) is 0 Å². The fourth-order valence-electron chi connectivity index (χ4n) is 1.62. The smallest absolute Gasteiger partial charge is 0.353 e. The molecule has 0 aliphatic heterocycles. The average Bonchev–Trinajstić information content (AvgIpc) is 2.30. The van der Waals surface area contributed by atoms with Crippen molar-refractivity contribution < 1.29 is 19.1 Å². The van der Waals surface area contributed by atoms with E-state index in [9.17, 15) is 9.59 Å². The van der Waals surface area contributed by atoms with Gasteiger partial charge < -0.3 is 9.47 Å². The van der Waals surface area contributed by atoms with Crippen molar-refractivity contribution in [1.82, 2.24) is 0 Å². The second-order valence-corrected chi connectivity index (χ2v) is 7.28. The van der Waals surface area contributed by atoms with Gasteiger partial charge in [0.2, 0.25) is 0 Å². The molecule has 126 valence electrons. The third kappa shape index (κ3) is 7.96. The van der Waals surface area contributed by atoms with E-state index in [2.05, 4.69) is 0 Å². The highest BCUT2D eigenvalue weighted by molar-refractivity contribution is 6.36. The zero-order valence-corrected chi connectivity index (χ0v) is 15.0. The first-order valence-electron chi connectivity index (χ1n) is 7.50. The summed E-state index contributed by atoms with van der Waals surface area (Å²) in [6.07, 6.45) is 2.12. The van der Waals surface area contributed by atoms with Crippen LogP contribution in [0.5, 0.6) is 0 Å². The summed E-state index contributed by atoms with van der Waals surface area (Å²) in [6, 6.07) is 0. The lowest BCUT2D eigenvalue weighted by Crippen LogP contribution is -2.32. The number of carbonyl (C=O) groups is 2. The first-order valence-corrected chi connectivity index (χ1v) is 7.50. The minimum absolute atomic E-state index is 0.152. The van der Waals surface area contributed by atoms with E-state index < -0.39 is 29.1 Å². The van der Waals surface area contributed by atoms with Crippen LogP contribution in [0.15, 0.2) is 11.6 Å². The molecule has 22 heavy (non-hydrogen) atoms. The number of allylic oxidation sites excluding steroid dienone is 1. The first kappa shape index (κ1) is 20.3. The molecule has 0 radical (unpaired) electrons. The molecule has 0 heterocycles. The molecule has 0 saturated carbocycles. The van der Waals surface area contributed by atoms with Crippen molar-refractivity contribution in [1.29, 1.82) is 5.41 Å². The third-order valence-electron chi connectivity index (χ3n) is 2.60. The molecule has 0 aliphatic rings. The van der Waals surface area contributed by atoms with Crippen molar-refractivity contribution in [2.45, 2.75) is 73.0 Å². The first-order chi connectivity index (χ1) is 9.76. The van der Waals surface area contributed by atoms with Crippen molar-refractivity contribution in [2.24, 2.45) is 5.92 Å². The number of hydrogen-bond donors (Lipinski definition) is 1. The Balaban J connectivity index is 5.04. The molecule has 1 N–H and O–H groups in total. The van der Waals surface area contributed by atoms with Gasteiger partial charge in [-0.1, -0.05) is 13.0 Å². The molecule has 5 heteroatoms. The predicted octanol–water partition coefficient (Wildman–Crippen LogP) is 3.66. The van der Waals surface area contributed by atoms with Crippen LogP contribution in [0.2, 0.25) is 0 Å². The molecular formula is C17H29NO4. The number of nitrogens with one attached hydrogen (secondary N) is 1. The summed E-state index contributed by atoms with van der Waals surface area (Å²) >= 11 is 0. The van der Waals surface area contributed by atoms with Crippen LogP contribution in [0.25, 0.3) is 0 Å². The molecule has 0 bridgehead atoms. The zero-order valence-electron chi connectivity index (χ0n) is 15.0. The topological polar surface area (TPSA) is 76.5 Å². The highest BCUT2D eigenvalue weighted by Gasteiger charge is 2.25. The second kappa shape index (κ2) is 7.56. The molecular weight excluding hydrogens is 282 g/mol. The van der Waals surface area contributed by atoms with E-state index >= 15 is 0 Å². The van der Waals surface area contributed by atoms with E-state index in [4.69, 9.17) is 14.9 Å². The van der Waals surface area contributed by atoms with E-state index in [-0.39, 0.29) is 5.71 Å². The molecule has 0 rings (SSSR count). The van der Waals surface area contributed by atoms with Crippen molar-refractivity contribution in [3.8, 4) is 0 Å². The molecule has 0 aromatic rings. The number of ether oxygens (including phenoxy) is 2. The SMILES string of the molecule is CC[C@@H](C=C(C)C(=O)OC(C)(C)C)C(=N)C(=O)OC(C)(C)C. The van der Waals surface area contributed by atoms with Gasteiger partial charge in [0.25, 0.3) is 0 Å². The standard InChI is InChI=1S/C17H29NO4/c1-9-12(13(18)15(20)22-17(6,7)8)10-11(2)14(19)21-16(3,4)5/h10,12,18H,9H2,1-8H3/t12-/m0/s1. The Kier molecular flexibility index (Phi) is 7.00. The number of carbonyl (C=O) groups excluding carboxylic acids is 2. The molecule has 0 fully saturated rings. The van der Waals surface area contributed by atoms with Gasteiger partial charge in [-0.25, -0.2) is 9.59 Å². The van der Waals surface area contributed by atoms with E-state index in [1.54, 1.807) is 54.5 Å². The highest BCUT2D eigenvalue weighted by Crippen LogP contribution is 2.17. The molecule has 5 nitrogen and oxygen atoms in total. The van der Waals surface area contributed by atoms with Crippen LogP contribution in [0, 0.1) is 11.3 Å². The molecule has 0 amide bonds. The third-order valence-corrected chi connectivity index (χ3v) is 2.60. The van der Waals surface area contributed by atoms with Crippen molar-refractivity contribution in [3.63, 3.8) is 0 Å². The number of esters is 2. The molecule has 0 spiro atoms. The van der Waals surface area contributed by atoms with Gasteiger partial charge in [-0.3, -0.25) is 5.41 Å². The largest absolute Gasteiger partial charge is 0.457 e. The normalized spacial score (nSPS) is 14.3. The Hall–Kier alpha value is -1.65. The van der Waals surface area contributed by atoms with Gasteiger partial charge in [0.1, 0.15) is 16.9 Å². The number of hydrogen-bond acceptors (Lipinski definition) is 5. The van der Waals surface area contributed by atoms with Gasteiger partial charge in [-0.05, 0) is 54.9 Å². The Morgan fingerprint density at radius 2 is 1.41 bits per heavy atom. The molecule has 0 aromatic heterocycles. The van der Waals surface area contributed by atoms with Crippen molar-refractivity contribution in [3.05, 3.63) is 11.6 Å². The molecule has 1 atom stereocenters. The van der Waals surface area contributed by atoms with Gasteiger partial charge in [0, 0.05) is 11.5 Å². The maximum absolute atomic E-state index is 12.0. The van der Waals surface area contributed by atoms with Crippen molar-refractivity contribution >= 4 is 17.7 Å². The minimum Gasteiger partial charge on any atom is -0.457 e. The predicted molar refractivity (Wildman–Crippen MR) is 87.0 cm³/mol. The zero-order chi connectivity index (χ0) is 17.7. The van der Waals surface area contributed by atoms with Crippen LogP contribution in [-0.2, 0) is 19.1 Å². The lowest BCUT2D eigenvalue weighted by atomic mass is 9.97. The van der Waals surface area contributed by atoms with Crippen LogP contribution in [0.1, 0.15) is 61.8 Å². The summed E-state index contributed by atoms with van der Waals surface area (Å²) < 4.78 is 10.5. The summed E-state index contributed by atoms with van der Waals surface area (Å²) in [5.41, 5.74) is -0.992. The van der Waals surface area contributed by atoms with Crippen LogP contribution >= 0.6 is 0 Å². The van der Waals surface area contributed by atoms with Gasteiger partial charge in [-0.15, -0.1) is 0 Å². The van der Waals surface area contributed by atoms with E-state index in [1.807, 2.05) is 6.92 Å². The Bertz CT molecular complexity index is 464. The van der Waals surface area contributed by atoms with Crippen LogP contribution in [-0.4, -0.2) is 28.9 Å². The van der Waals surface area contributed by atoms with E-state index in [0.29, 0.717) is 12.0 Å². The minimum atomic E-state index is -0.660. The lowest BCUT2D eigenvalue weighted by molar-refractivity contribution is -0.150. The van der Waals surface area contributed by atoms with Gasteiger partial charge >= 0.3 is 11.9 Å². The average molecular weight is 311 g/mol. The van der Waals surface area contributed by atoms with Crippen LogP contribution < -0.4 is 0 Å². The molecule has 0 unspecified atom stereocenters. The monoisotopic (exact) mass is 311 g/mol. The number of rotatable bonds is 5. The molecule has 0 aliphatic carbocycles. The second-order valence-electron chi connectivity index (χ2n) is 7.28. The summed E-state index contributed by atoms with van der Waals surface area (Å²) in [5, 5.41) is 7.97. The van der Waals surface area contributed by atoms with Crippen LogP contribution in [0.3, 0.4) is 0 Å². The van der Waals surface area contributed by atoms with Gasteiger partial charge in [-0.2, -0.15) is 0 Å². The fourth-order valence-corrected chi connectivity index (χ4v) is 1.62. The van der Waals surface area contributed by atoms with Gasteiger partial charge in [0.05, 0.1) is 0 Å². The van der Waals surface area contributed by atoms with Crippen LogP contribution in [0.4, 0.5) is 0 Å². The Morgan fingerprint density at radius 3 is 1.77 bits per heavy atom. The summed E-state index contributed by atoms with van der Waals surface area (Å²) in [7, 11) is 0. The summed E-state index contributed by atoms with van der Waals surface area (Å²) in [4.78, 5) is 23.9. The fraction of sp³-hybridized carbons (Fsp3) is 0.706. The Morgan fingerprint density at radius 1 is 1.00 bits per heavy atom. The highest BCUT2D eigenvalue weighted by atomic mass is 16.6. The summed E-state index contributed by atoms with van der Waals surface area (Å²) in [6.45, 7) is 14.1. The van der Waals surface area contributed by atoms with E-state index in [0.717, 1.165) is 0 Å². The molecule has 0 aromatic carbocycles. The Labute approximate surface area is 133 Å². The quantitative estimate of drug-likeness (QED) is 0.477. The summed E-state index contributed by atoms with van der Waals surface area (Å²) in [5.74, 6) is -1.57. The van der Waals surface area contributed by atoms with Crippen molar-refractivity contribution in [2.75, 3.05) is 0 Å². The maximum atomic E-state index is 12.0.